The molecule has 0 saturated carbocycles. The fourth-order valence-electron chi connectivity index (χ4n) is 2.80. The van der Waals surface area contributed by atoms with Crippen LogP contribution in [0.25, 0.3) is 0 Å². The van der Waals surface area contributed by atoms with E-state index in [1.807, 2.05) is 36.4 Å². The summed E-state index contributed by atoms with van der Waals surface area (Å²) in [5.74, 6) is -0.262. The van der Waals surface area contributed by atoms with Crippen LogP contribution in [0.4, 0.5) is 0 Å². The van der Waals surface area contributed by atoms with Gasteiger partial charge in [0.1, 0.15) is 5.54 Å². The molecule has 3 heteroatoms. The third-order valence-electron chi connectivity index (χ3n) is 3.66. The van der Waals surface area contributed by atoms with Gasteiger partial charge in [0.05, 0.1) is 7.11 Å². The van der Waals surface area contributed by atoms with Crippen molar-refractivity contribution in [2.24, 2.45) is 0 Å². The average molecular weight is 245 g/mol. The van der Waals surface area contributed by atoms with E-state index in [0.29, 0.717) is 0 Å². The number of ether oxygens (including phenoxy) is 1. The van der Waals surface area contributed by atoms with Crippen molar-refractivity contribution in [2.45, 2.75) is 24.3 Å². The smallest absolute Gasteiger partial charge is 0.327 e. The molecule has 1 N–H and O–H groups in total. The number of nitrogens with one attached hydrogen (secondary N) is 1. The lowest BCUT2D eigenvalue weighted by Gasteiger charge is -2.33. The van der Waals surface area contributed by atoms with Crippen molar-refractivity contribution in [3.05, 3.63) is 48.6 Å². The van der Waals surface area contributed by atoms with E-state index >= 15 is 0 Å². The first-order chi connectivity index (χ1) is 8.74. The van der Waals surface area contributed by atoms with Crippen molar-refractivity contribution in [1.29, 1.82) is 0 Å². The van der Waals surface area contributed by atoms with Crippen molar-refractivity contribution >= 4 is 5.97 Å². The van der Waals surface area contributed by atoms with Gasteiger partial charge in [-0.05, 0) is 24.9 Å². The summed E-state index contributed by atoms with van der Waals surface area (Å²) in [5.41, 5.74) is 0.435. The van der Waals surface area contributed by atoms with Gasteiger partial charge in [0.2, 0.25) is 0 Å². The minimum absolute atomic E-state index is 0.0614. The number of esters is 1. The van der Waals surface area contributed by atoms with Gasteiger partial charge >= 0.3 is 5.97 Å². The maximum absolute atomic E-state index is 12.2. The molecule has 0 amide bonds. The SMILES string of the molecule is C=CC(c1ccccc1)C1(C(=O)OC)CCCN1. The molecule has 1 saturated heterocycles. The molecule has 1 aromatic carbocycles. The van der Waals surface area contributed by atoms with Gasteiger partial charge in [-0.15, -0.1) is 6.58 Å². The maximum Gasteiger partial charge on any atom is 0.327 e. The highest BCUT2D eigenvalue weighted by atomic mass is 16.5. The molecule has 0 aliphatic carbocycles. The van der Waals surface area contributed by atoms with Crippen LogP contribution in [0.15, 0.2) is 43.0 Å². The summed E-state index contributed by atoms with van der Waals surface area (Å²) in [5, 5.41) is 3.32. The van der Waals surface area contributed by atoms with Gasteiger partial charge in [-0.3, -0.25) is 4.79 Å². The highest BCUT2D eigenvalue weighted by molar-refractivity contribution is 5.83. The second-order valence-electron chi connectivity index (χ2n) is 4.62. The number of hydrogen-bond donors (Lipinski definition) is 1. The molecule has 1 aromatic rings. The molecule has 2 unspecified atom stereocenters. The van der Waals surface area contributed by atoms with Crippen molar-refractivity contribution in [3.8, 4) is 0 Å². The van der Waals surface area contributed by atoms with Gasteiger partial charge in [0.25, 0.3) is 0 Å². The lowest BCUT2D eigenvalue weighted by atomic mass is 9.78. The summed E-state index contributed by atoms with van der Waals surface area (Å²) in [6.45, 7) is 4.74. The van der Waals surface area contributed by atoms with Crippen molar-refractivity contribution in [2.75, 3.05) is 13.7 Å². The van der Waals surface area contributed by atoms with E-state index in [1.165, 1.54) is 7.11 Å². The van der Waals surface area contributed by atoms with Crippen LogP contribution in [0.2, 0.25) is 0 Å². The largest absolute Gasteiger partial charge is 0.468 e. The third kappa shape index (κ3) is 2.06. The highest BCUT2D eigenvalue weighted by Crippen LogP contribution is 2.37. The number of carbonyl (C=O) groups is 1. The Labute approximate surface area is 108 Å². The lowest BCUT2D eigenvalue weighted by molar-refractivity contribution is -0.148. The molecular formula is C15H19NO2. The number of carbonyl (C=O) groups excluding carboxylic acids is 1. The molecule has 1 aliphatic rings. The first kappa shape index (κ1) is 12.8. The van der Waals surface area contributed by atoms with Gasteiger partial charge in [0.15, 0.2) is 0 Å². The van der Waals surface area contributed by atoms with E-state index in [9.17, 15) is 4.79 Å². The average Bonchev–Trinajstić information content (AvgIpc) is 2.90. The molecule has 0 spiro atoms. The quantitative estimate of drug-likeness (QED) is 0.653. The normalized spacial score (nSPS) is 24.5. The molecule has 18 heavy (non-hydrogen) atoms. The molecule has 1 aliphatic heterocycles. The van der Waals surface area contributed by atoms with Crippen molar-refractivity contribution in [3.63, 3.8) is 0 Å². The topological polar surface area (TPSA) is 38.3 Å². The minimum atomic E-state index is -0.655. The number of hydrogen-bond acceptors (Lipinski definition) is 3. The van der Waals surface area contributed by atoms with Crippen LogP contribution in [0.1, 0.15) is 24.3 Å². The maximum atomic E-state index is 12.2. The van der Waals surface area contributed by atoms with Crippen LogP contribution in [-0.2, 0) is 9.53 Å². The highest BCUT2D eigenvalue weighted by Gasteiger charge is 2.48. The Morgan fingerprint density at radius 1 is 1.50 bits per heavy atom. The zero-order valence-corrected chi connectivity index (χ0v) is 10.7. The van der Waals surface area contributed by atoms with Crippen LogP contribution < -0.4 is 5.32 Å². The number of rotatable bonds is 4. The van der Waals surface area contributed by atoms with E-state index in [-0.39, 0.29) is 11.9 Å². The molecule has 1 fully saturated rings. The van der Waals surface area contributed by atoms with Crippen molar-refractivity contribution in [1.82, 2.24) is 5.32 Å². The Morgan fingerprint density at radius 2 is 2.22 bits per heavy atom. The van der Waals surface area contributed by atoms with Crippen LogP contribution in [0, 0.1) is 0 Å². The summed E-state index contributed by atoms with van der Waals surface area (Å²) in [6, 6.07) is 9.97. The summed E-state index contributed by atoms with van der Waals surface area (Å²) >= 11 is 0. The van der Waals surface area contributed by atoms with E-state index in [1.54, 1.807) is 0 Å². The first-order valence-electron chi connectivity index (χ1n) is 6.25. The Bertz CT molecular complexity index is 421. The summed E-state index contributed by atoms with van der Waals surface area (Å²) in [6.07, 6.45) is 3.60. The molecule has 3 nitrogen and oxygen atoms in total. The van der Waals surface area contributed by atoms with Crippen LogP contribution in [0.3, 0.4) is 0 Å². The molecule has 2 rings (SSSR count). The molecule has 0 aromatic heterocycles. The molecule has 2 atom stereocenters. The van der Waals surface area contributed by atoms with Crippen LogP contribution in [-0.4, -0.2) is 25.2 Å². The van der Waals surface area contributed by atoms with Gasteiger partial charge in [-0.25, -0.2) is 0 Å². The fraction of sp³-hybridized carbons (Fsp3) is 0.400. The van der Waals surface area contributed by atoms with Gasteiger partial charge in [-0.2, -0.15) is 0 Å². The van der Waals surface area contributed by atoms with Crippen LogP contribution >= 0.6 is 0 Å². The molecule has 1 heterocycles. The molecule has 0 radical (unpaired) electrons. The molecular weight excluding hydrogens is 226 g/mol. The lowest BCUT2D eigenvalue weighted by Crippen LogP contribution is -2.52. The Morgan fingerprint density at radius 3 is 2.72 bits per heavy atom. The Hall–Kier alpha value is -1.61. The van der Waals surface area contributed by atoms with Gasteiger partial charge in [0, 0.05) is 5.92 Å². The minimum Gasteiger partial charge on any atom is -0.468 e. The van der Waals surface area contributed by atoms with Crippen LogP contribution in [0.5, 0.6) is 0 Å². The monoisotopic (exact) mass is 245 g/mol. The molecule has 0 bridgehead atoms. The van der Waals surface area contributed by atoms with E-state index in [2.05, 4.69) is 11.9 Å². The summed E-state index contributed by atoms with van der Waals surface area (Å²) < 4.78 is 4.99. The third-order valence-corrected chi connectivity index (χ3v) is 3.66. The summed E-state index contributed by atoms with van der Waals surface area (Å²) in [7, 11) is 1.44. The zero-order chi connectivity index (χ0) is 13.0. The zero-order valence-electron chi connectivity index (χ0n) is 10.7. The van der Waals surface area contributed by atoms with E-state index in [4.69, 9.17) is 4.74 Å². The van der Waals surface area contributed by atoms with Crippen molar-refractivity contribution < 1.29 is 9.53 Å². The number of methoxy groups -OCH3 is 1. The second kappa shape index (κ2) is 5.36. The van der Waals surface area contributed by atoms with Gasteiger partial charge < -0.3 is 10.1 Å². The first-order valence-corrected chi connectivity index (χ1v) is 6.25. The molecule has 96 valence electrons. The Kier molecular flexibility index (Phi) is 3.82. The van der Waals surface area contributed by atoms with E-state index in [0.717, 1.165) is 24.9 Å². The second-order valence-corrected chi connectivity index (χ2v) is 4.62. The summed E-state index contributed by atoms with van der Waals surface area (Å²) in [4.78, 5) is 12.2. The predicted molar refractivity (Wildman–Crippen MR) is 71.4 cm³/mol. The fourth-order valence-corrected chi connectivity index (χ4v) is 2.80. The van der Waals surface area contributed by atoms with Gasteiger partial charge in [-0.1, -0.05) is 36.4 Å². The van der Waals surface area contributed by atoms with E-state index < -0.39 is 5.54 Å². The standard InChI is InChI=1S/C15H19NO2/c1-3-13(12-8-5-4-6-9-12)15(14(17)18-2)10-7-11-16-15/h3-6,8-9,13,16H,1,7,10-11H2,2H3. The predicted octanol–water partition coefficient (Wildman–Crippen LogP) is 2.25. The Balaban J connectivity index is 2.40. The number of benzene rings is 1.